The number of rotatable bonds is 3. The molecule has 0 saturated carbocycles. The van der Waals surface area contributed by atoms with Gasteiger partial charge in [0.05, 0.1) is 5.56 Å². The number of aryl methyl sites for hydroxylation is 1. The molecule has 1 amide bonds. The number of alkyl halides is 3. The van der Waals surface area contributed by atoms with E-state index in [0.29, 0.717) is 0 Å². The van der Waals surface area contributed by atoms with Crippen molar-refractivity contribution in [1.29, 1.82) is 5.26 Å². The van der Waals surface area contributed by atoms with Gasteiger partial charge in [0.2, 0.25) is 0 Å². The second kappa shape index (κ2) is 5.89. The van der Waals surface area contributed by atoms with Crippen LogP contribution in [0.5, 0.6) is 0 Å². The van der Waals surface area contributed by atoms with Gasteiger partial charge in [-0.2, -0.15) is 18.4 Å². The van der Waals surface area contributed by atoms with E-state index in [0.717, 1.165) is 6.20 Å². The summed E-state index contributed by atoms with van der Waals surface area (Å²) >= 11 is 0. The van der Waals surface area contributed by atoms with Crippen LogP contribution in [0.25, 0.3) is 0 Å². The number of hydrogen-bond acceptors (Lipinski definition) is 3. The molecule has 0 bridgehead atoms. The van der Waals surface area contributed by atoms with Crippen LogP contribution in [0.3, 0.4) is 0 Å². The summed E-state index contributed by atoms with van der Waals surface area (Å²) < 4.78 is 40.8. The monoisotopic (exact) mass is 308 g/mol. The molecule has 0 aliphatic heterocycles. The lowest BCUT2D eigenvalue weighted by molar-refractivity contribution is -0.155. The van der Waals surface area contributed by atoms with Crippen molar-refractivity contribution in [2.24, 2.45) is 7.05 Å². The van der Waals surface area contributed by atoms with Crippen molar-refractivity contribution in [2.75, 3.05) is 0 Å². The molecule has 114 valence electrons. The first-order chi connectivity index (χ1) is 10.3. The molecule has 2 aromatic heterocycles. The predicted octanol–water partition coefficient (Wildman–Crippen LogP) is 2.33. The minimum absolute atomic E-state index is 0.0327. The number of aromatic nitrogens is 2. The summed E-state index contributed by atoms with van der Waals surface area (Å²) in [6, 6.07) is 3.47. The van der Waals surface area contributed by atoms with Crippen molar-refractivity contribution < 1.29 is 18.0 Å². The van der Waals surface area contributed by atoms with Crippen LogP contribution in [0, 0.1) is 11.3 Å². The lowest BCUT2D eigenvalue weighted by Crippen LogP contribution is -2.38. The van der Waals surface area contributed by atoms with E-state index in [2.05, 4.69) is 4.98 Å². The Balaban J connectivity index is 2.30. The minimum Gasteiger partial charge on any atom is -0.345 e. The average molecular weight is 308 g/mol. The molecule has 0 aliphatic rings. The number of nitrogens with zero attached hydrogens (tertiary/aromatic N) is 3. The zero-order valence-corrected chi connectivity index (χ0v) is 11.4. The third kappa shape index (κ3) is 3.25. The number of nitrogens with one attached hydrogen (secondary N) is 1. The molecular weight excluding hydrogens is 297 g/mol. The molecule has 0 fully saturated rings. The number of hydrogen-bond donors (Lipinski definition) is 1. The van der Waals surface area contributed by atoms with Crippen LogP contribution in [0.2, 0.25) is 0 Å². The maximum Gasteiger partial charge on any atom is 0.412 e. The maximum atomic E-state index is 13.2. The molecule has 0 spiro atoms. The quantitative estimate of drug-likeness (QED) is 0.946. The third-order valence-electron chi connectivity index (χ3n) is 2.99. The fraction of sp³-hybridized carbons (Fsp3) is 0.214. The largest absolute Gasteiger partial charge is 0.412 e. The van der Waals surface area contributed by atoms with Crippen LogP contribution in [-0.2, 0) is 7.05 Å². The van der Waals surface area contributed by atoms with Crippen molar-refractivity contribution in [3.8, 4) is 6.07 Å². The van der Waals surface area contributed by atoms with Gasteiger partial charge in [-0.05, 0) is 12.1 Å². The Bertz CT molecular complexity index is 716. The average Bonchev–Trinajstić information content (AvgIpc) is 2.85. The van der Waals surface area contributed by atoms with Gasteiger partial charge in [-0.25, -0.2) is 0 Å². The molecule has 0 aliphatic carbocycles. The Labute approximate surface area is 124 Å². The van der Waals surface area contributed by atoms with Gasteiger partial charge in [-0.3, -0.25) is 9.78 Å². The van der Waals surface area contributed by atoms with Crippen molar-refractivity contribution >= 4 is 5.91 Å². The molecule has 5 nitrogen and oxygen atoms in total. The summed E-state index contributed by atoms with van der Waals surface area (Å²) in [5, 5.41) is 10.7. The van der Waals surface area contributed by atoms with Gasteiger partial charge in [0, 0.05) is 31.2 Å². The zero-order valence-electron chi connectivity index (χ0n) is 11.4. The predicted molar refractivity (Wildman–Crippen MR) is 70.6 cm³/mol. The minimum atomic E-state index is -4.66. The van der Waals surface area contributed by atoms with E-state index in [4.69, 9.17) is 5.26 Å². The van der Waals surface area contributed by atoms with Crippen LogP contribution in [-0.4, -0.2) is 21.6 Å². The molecule has 2 heterocycles. The fourth-order valence-electron chi connectivity index (χ4n) is 1.96. The Kier molecular flexibility index (Phi) is 4.17. The zero-order chi connectivity index (χ0) is 16.3. The molecule has 8 heteroatoms. The summed E-state index contributed by atoms with van der Waals surface area (Å²) in [4.78, 5) is 15.7. The van der Waals surface area contributed by atoms with Crippen molar-refractivity contribution in [1.82, 2.24) is 14.9 Å². The maximum absolute atomic E-state index is 13.2. The summed E-state index contributed by atoms with van der Waals surface area (Å²) in [7, 11) is 1.47. The Morgan fingerprint density at radius 2 is 2.23 bits per heavy atom. The highest BCUT2D eigenvalue weighted by molar-refractivity contribution is 5.93. The van der Waals surface area contributed by atoms with Gasteiger partial charge < -0.3 is 9.88 Å². The van der Waals surface area contributed by atoms with Gasteiger partial charge in [0.25, 0.3) is 5.91 Å². The van der Waals surface area contributed by atoms with Crippen molar-refractivity contribution in [3.63, 3.8) is 0 Å². The van der Waals surface area contributed by atoms with Gasteiger partial charge in [0.1, 0.15) is 11.8 Å². The first-order valence-electron chi connectivity index (χ1n) is 6.17. The SMILES string of the molecule is Cn1cc(C#N)cc1C(=O)N[C@@H](c1cccnc1)C(F)(F)F. The van der Waals surface area contributed by atoms with E-state index in [-0.39, 0.29) is 16.8 Å². The Hall–Kier alpha value is -2.82. The molecule has 2 rings (SSSR count). The number of amides is 1. The molecule has 0 saturated heterocycles. The van der Waals surface area contributed by atoms with Gasteiger partial charge in [0.15, 0.2) is 6.04 Å². The van der Waals surface area contributed by atoms with E-state index >= 15 is 0 Å². The number of carbonyl (C=O) groups excluding carboxylic acids is 1. The van der Waals surface area contributed by atoms with Gasteiger partial charge in [-0.1, -0.05) is 6.07 Å². The lowest BCUT2D eigenvalue weighted by atomic mass is 10.1. The van der Waals surface area contributed by atoms with E-state index in [9.17, 15) is 18.0 Å². The topological polar surface area (TPSA) is 70.7 Å². The fourth-order valence-corrected chi connectivity index (χ4v) is 1.96. The molecule has 1 atom stereocenters. The summed E-state index contributed by atoms with van der Waals surface area (Å²) in [5.74, 6) is -0.921. The smallest absolute Gasteiger partial charge is 0.345 e. The normalized spacial score (nSPS) is 12.5. The lowest BCUT2D eigenvalue weighted by Gasteiger charge is -2.21. The Morgan fingerprint density at radius 3 is 2.73 bits per heavy atom. The highest BCUT2D eigenvalue weighted by Gasteiger charge is 2.42. The second-order valence-electron chi connectivity index (χ2n) is 4.57. The third-order valence-corrected chi connectivity index (χ3v) is 2.99. The highest BCUT2D eigenvalue weighted by atomic mass is 19.4. The van der Waals surface area contributed by atoms with Crippen LogP contribution in [0.1, 0.15) is 27.7 Å². The number of carbonyl (C=O) groups is 1. The molecule has 1 N–H and O–H groups in total. The summed E-state index contributed by atoms with van der Waals surface area (Å²) in [5.41, 5.74) is -0.00894. The molecular formula is C14H11F3N4O. The molecule has 0 aromatic carbocycles. The highest BCUT2D eigenvalue weighted by Crippen LogP contribution is 2.32. The van der Waals surface area contributed by atoms with E-state index in [1.54, 1.807) is 0 Å². The molecule has 2 aromatic rings. The molecule has 0 radical (unpaired) electrons. The first kappa shape index (κ1) is 15.6. The van der Waals surface area contributed by atoms with Gasteiger partial charge in [-0.15, -0.1) is 0 Å². The molecule has 22 heavy (non-hydrogen) atoms. The van der Waals surface area contributed by atoms with Gasteiger partial charge >= 0.3 is 6.18 Å². The number of nitriles is 1. The number of halogens is 3. The second-order valence-corrected chi connectivity index (χ2v) is 4.57. The van der Waals surface area contributed by atoms with E-state index < -0.39 is 18.1 Å². The van der Waals surface area contributed by atoms with Crippen LogP contribution in [0.15, 0.2) is 36.8 Å². The summed E-state index contributed by atoms with van der Waals surface area (Å²) in [6.45, 7) is 0. The van der Waals surface area contributed by atoms with Crippen LogP contribution in [0.4, 0.5) is 13.2 Å². The van der Waals surface area contributed by atoms with Crippen molar-refractivity contribution in [2.45, 2.75) is 12.2 Å². The van der Waals surface area contributed by atoms with E-state index in [1.807, 2.05) is 11.4 Å². The van der Waals surface area contributed by atoms with Crippen LogP contribution >= 0.6 is 0 Å². The summed E-state index contributed by atoms with van der Waals surface area (Å²) in [6.07, 6.45) is -0.914. The first-order valence-corrected chi connectivity index (χ1v) is 6.17. The van der Waals surface area contributed by atoms with Crippen LogP contribution < -0.4 is 5.32 Å². The molecule has 0 unspecified atom stereocenters. The van der Waals surface area contributed by atoms with E-state index in [1.165, 1.54) is 42.2 Å². The van der Waals surface area contributed by atoms with Crippen molar-refractivity contribution in [3.05, 3.63) is 53.6 Å². The standard InChI is InChI=1S/C14H11F3N4O/c1-21-8-9(6-18)5-11(21)13(22)20-12(14(15,16)17)10-3-2-4-19-7-10/h2-5,7-8,12H,1H3,(H,20,22)/t12-/m0/s1. The Morgan fingerprint density at radius 1 is 1.50 bits per heavy atom. The number of pyridine rings is 1.